The fourth-order valence-corrected chi connectivity index (χ4v) is 1.93. The van der Waals surface area contributed by atoms with Crippen molar-refractivity contribution in [2.75, 3.05) is 32.9 Å². The fraction of sp³-hybridized carbons (Fsp3) is 0.562. The van der Waals surface area contributed by atoms with Gasteiger partial charge in [-0.15, -0.1) is 0 Å². The molecule has 0 aromatic heterocycles. The summed E-state index contributed by atoms with van der Waals surface area (Å²) in [4.78, 5) is 12.2. The van der Waals surface area contributed by atoms with E-state index in [1.807, 2.05) is 20.8 Å². The van der Waals surface area contributed by atoms with Crippen LogP contribution in [0.25, 0.3) is 0 Å². The van der Waals surface area contributed by atoms with Crippen molar-refractivity contribution in [3.63, 3.8) is 0 Å². The van der Waals surface area contributed by atoms with Crippen molar-refractivity contribution in [2.45, 2.75) is 27.2 Å². The van der Waals surface area contributed by atoms with Crippen molar-refractivity contribution < 1.29 is 19.0 Å². The Bertz CT molecular complexity index is 450. The zero-order valence-electron chi connectivity index (χ0n) is 13.6. The minimum atomic E-state index is -0.182. The molecule has 0 unspecified atom stereocenters. The Morgan fingerprint density at radius 3 is 2.05 bits per heavy atom. The van der Waals surface area contributed by atoms with Crippen LogP contribution in [0.1, 0.15) is 37.6 Å². The lowest BCUT2D eigenvalue weighted by Crippen LogP contribution is -2.26. The van der Waals surface area contributed by atoms with Gasteiger partial charge in [-0.05, 0) is 45.9 Å². The first-order valence-electron chi connectivity index (χ1n) is 7.72. The van der Waals surface area contributed by atoms with Crippen LogP contribution >= 0.6 is 0 Å². The largest absolute Gasteiger partial charge is 0.490 e. The van der Waals surface area contributed by atoms with E-state index in [2.05, 4.69) is 5.32 Å². The molecule has 1 aromatic carbocycles. The predicted molar refractivity (Wildman–Crippen MR) is 86.0 cm³/mol. The van der Waals surface area contributed by atoms with Crippen LogP contribution in [0, 0.1) is 0 Å². The molecule has 124 valence electrons. The van der Waals surface area contributed by atoms with Crippen LogP contribution in [0.15, 0.2) is 12.1 Å². The van der Waals surface area contributed by atoms with E-state index in [4.69, 9.17) is 19.9 Å². The molecular formula is C16H26N2O4. The third kappa shape index (κ3) is 5.11. The summed E-state index contributed by atoms with van der Waals surface area (Å²) >= 11 is 0. The van der Waals surface area contributed by atoms with E-state index in [9.17, 15) is 4.79 Å². The van der Waals surface area contributed by atoms with E-state index in [1.165, 1.54) is 0 Å². The maximum Gasteiger partial charge on any atom is 0.251 e. The second kappa shape index (κ2) is 9.89. The first-order valence-corrected chi connectivity index (χ1v) is 7.72. The molecule has 6 heteroatoms. The Kier molecular flexibility index (Phi) is 8.14. The molecule has 0 saturated carbocycles. The van der Waals surface area contributed by atoms with Crippen LogP contribution in [0.2, 0.25) is 0 Å². The number of ether oxygens (including phenoxy) is 3. The first-order chi connectivity index (χ1) is 10.7. The average molecular weight is 310 g/mol. The topological polar surface area (TPSA) is 82.8 Å². The molecule has 0 saturated heterocycles. The van der Waals surface area contributed by atoms with Crippen LogP contribution in [0.3, 0.4) is 0 Å². The normalized spacial score (nSPS) is 10.2. The lowest BCUT2D eigenvalue weighted by Gasteiger charge is -2.17. The zero-order valence-corrected chi connectivity index (χ0v) is 13.6. The number of hydrogen-bond acceptors (Lipinski definition) is 5. The number of nitrogens with two attached hydrogens (primary N) is 1. The van der Waals surface area contributed by atoms with Crippen molar-refractivity contribution in [1.82, 2.24) is 5.32 Å². The molecule has 0 bridgehead atoms. The Morgan fingerprint density at radius 2 is 1.59 bits per heavy atom. The molecule has 0 heterocycles. The van der Waals surface area contributed by atoms with Crippen molar-refractivity contribution in [2.24, 2.45) is 5.73 Å². The summed E-state index contributed by atoms with van der Waals surface area (Å²) in [6, 6.07) is 3.35. The van der Waals surface area contributed by atoms with E-state index in [0.717, 1.165) is 6.42 Å². The van der Waals surface area contributed by atoms with E-state index < -0.39 is 0 Å². The number of carbonyl (C=O) groups excluding carboxylic acids is 1. The standard InChI is InChI=1S/C16H26N2O4/c1-4-20-13-10-12(16(19)18-9-7-8-17)11-14(21-5-2)15(13)22-6-3/h10-11H,4-9,17H2,1-3H3,(H,18,19). The van der Waals surface area contributed by atoms with Gasteiger partial charge in [0.05, 0.1) is 19.8 Å². The van der Waals surface area contributed by atoms with Crippen LogP contribution in [0.5, 0.6) is 17.2 Å². The van der Waals surface area contributed by atoms with Gasteiger partial charge in [-0.25, -0.2) is 0 Å². The van der Waals surface area contributed by atoms with Crippen molar-refractivity contribution in [1.29, 1.82) is 0 Å². The summed E-state index contributed by atoms with van der Waals surface area (Å²) in [5.74, 6) is 1.38. The quantitative estimate of drug-likeness (QED) is 0.646. The van der Waals surface area contributed by atoms with Crippen LogP contribution in [-0.4, -0.2) is 38.8 Å². The Labute approximate surface area is 131 Å². The molecule has 1 rings (SSSR count). The number of rotatable bonds is 10. The van der Waals surface area contributed by atoms with Gasteiger partial charge in [0.25, 0.3) is 5.91 Å². The van der Waals surface area contributed by atoms with Crippen LogP contribution in [0.4, 0.5) is 0 Å². The molecule has 6 nitrogen and oxygen atoms in total. The number of benzene rings is 1. The van der Waals surface area contributed by atoms with Crippen LogP contribution < -0.4 is 25.3 Å². The highest BCUT2D eigenvalue weighted by Crippen LogP contribution is 2.39. The molecule has 22 heavy (non-hydrogen) atoms. The molecule has 0 radical (unpaired) electrons. The number of amides is 1. The number of nitrogens with one attached hydrogen (secondary N) is 1. The molecule has 3 N–H and O–H groups in total. The SMILES string of the molecule is CCOc1cc(C(=O)NCCCN)cc(OCC)c1OCC. The summed E-state index contributed by atoms with van der Waals surface area (Å²) in [6.07, 6.45) is 0.736. The summed E-state index contributed by atoms with van der Waals surface area (Å²) < 4.78 is 16.8. The molecule has 0 fully saturated rings. The van der Waals surface area contributed by atoms with Gasteiger partial charge < -0.3 is 25.3 Å². The van der Waals surface area contributed by atoms with E-state index >= 15 is 0 Å². The monoisotopic (exact) mass is 310 g/mol. The van der Waals surface area contributed by atoms with Crippen LogP contribution in [-0.2, 0) is 0 Å². The predicted octanol–water partition coefficient (Wildman–Crippen LogP) is 1.96. The molecular weight excluding hydrogens is 284 g/mol. The minimum Gasteiger partial charge on any atom is -0.490 e. The summed E-state index contributed by atoms with van der Waals surface area (Å²) in [5, 5.41) is 2.82. The van der Waals surface area contributed by atoms with Crippen molar-refractivity contribution in [3.05, 3.63) is 17.7 Å². The molecule has 0 aliphatic carbocycles. The Hall–Kier alpha value is -1.95. The lowest BCUT2D eigenvalue weighted by atomic mass is 10.1. The lowest BCUT2D eigenvalue weighted by molar-refractivity contribution is 0.0952. The molecule has 0 aliphatic rings. The molecule has 0 spiro atoms. The van der Waals surface area contributed by atoms with E-state index in [1.54, 1.807) is 12.1 Å². The Balaban J connectivity index is 3.09. The van der Waals surface area contributed by atoms with Gasteiger partial charge in [-0.3, -0.25) is 4.79 Å². The van der Waals surface area contributed by atoms with Gasteiger partial charge in [0.1, 0.15) is 0 Å². The second-order valence-corrected chi connectivity index (χ2v) is 4.50. The molecule has 1 amide bonds. The third-order valence-corrected chi connectivity index (χ3v) is 2.84. The maximum absolute atomic E-state index is 12.2. The molecule has 0 aliphatic heterocycles. The first kappa shape index (κ1) is 18.1. The van der Waals surface area contributed by atoms with E-state index in [-0.39, 0.29) is 5.91 Å². The van der Waals surface area contributed by atoms with Gasteiger partial charge in [0.2, 0.25) is 5.75 Å². The number of carbonyl (C=O) groups is 1. The molecule has 0 atom stereocenters. The summed E-state index contributed by atoms with van der Waals surface area (Å²) in [7, 11) is 0. The number of hydrogen-bond donors (Lipinski definition) is 2. The van der Waals surface area contributed by atoms with Gasteiger partial charge in [0, 0.05) is 12.1 Å². The minimum absolute atomic E-state index is 0.182. The highest BCUT2D eigenvalue weighted by Gasteiger charge is 2.18. The average Bonchev–Trinajstić information content (AvgIpc) is 2.50. The van der Waals surface area contributed by atoms with Gasteiger partial charge >= 0.3 is 0 Å². The van der Waals surface area contributed by atoms with Gasteiger partial charge in [-0.2, -0.15) is 0 Å². The zero-order chi connectivity index (χ0) is 16.4. The highest BCUT2D eigenvalue weighted by molar-refractivity contribution is 5.95. The smallest absolute Gasteiger partial charge is 0.251 e. The maximum atomic E-state index is 12.2. The summed E-state index contributed by atoms with van der Waals surface area (Å²) in [5.41, 5.74) is 5.91. The van der Waals surface area contributed by atoms with E-state index in [0.29, 0.717) is 55.7 Å². The third-order valence-electron chi connectivity index (χ3n) is 2.84. The summed E-state index contributed by atoms with van der Waals surface area (Å²) in [6.45, 7) is 8.16. The van der Waals surface area contributed by atoms with Crippen molar-refractivity contribution >= 4 is 5.91 Å². The van der Waals surface area contributed by atoms with Crippen molar-refractivity contribution in [3.8, 4) is 17.2 Å². The van der Waals surface area contributed by atoms with Gasteiger partial charge in [0.15, 0.2) is 11.5 Å². The highest BCUT2D eigenvalue weighted by atomic mass is 16.5. The second-order valence-electron chi connectivity index (χ2n) is 4.50. The molecule has 1 aromatic rings. The Morgan fingerprint density at radius 1 is 1.05 bits per heavy atom. The fourth-order valence-electron chi connectivity index (χ4n) is 1.93. The van der Waals surface area contributed by atoms with Gasteiger partial charge in [-0.1, -0.05) is 0 Å².